The summed E-state index contributed by atoms with van der Waals surface area (Å²) in [6, 6.07) is 11.4. The molecule has 2 aromatic carbocycles. The van der Waals surface area contributed by atoms with Crippen molar-refractivity contribution in [2.75, 3.05) is 19.0 Å². The summed E-state index contributed by atoms with van der Waals surface area (Å²) in [6.07, 6.45) is 0.648. The average Bonchev–Trinajstić information content (AvgIpc) is 2.49. The molecular weight excluding hydrogens is 283 g/mol. The van der Waals surface area contributed by atoms with Crippen LogP contribution in [0.5, 0.6) is 5.75 Å². The molecule has 0 aliphatic heterocycles. The van der Waals surface area contributed by atoms with Gasteiger partial charge in [-0.3, -0.25) is 0 Å². The van der Waals surface area contributed by atoms with Crippen LogP contribution >= 0.6 is 0 Å². The fourth-order valence-corrected chi connectivity index (χ4v) is 2.10. The van der Waals surface area contributed by atoms with E-state index in [1.165, 1.54) is 12.1 Å². The summed E-state index contributed by atoms with van der Waals surface area (Å²) >= 11 is 0. The van der Waals surface area contributed by atoms with E-state index in [-0.39, 0.29) is 11.8 Å². The second-order valence-electron chi connectivity index (χ2n) is 4.94. The van der Waals surface area contributed by atoms with Gasteiger partial charge < -0.3 is 15.4 Å². The molecule has 0 aliphatic carbocycles. The van der Waals surface area contributed by atoms with E-state index in [1.54, 1.807) is 25.3 Å². The number of ether oxygens (including phenoxy) is 1. The molecule has 0 aromatic heterocycles. The molecule has 0 fully saturated rings. The second kappa shape index (κ2) is 7.45. The summed E-state index contributed by atoms with van der Waals surface area (Å²) in [4.78, 5) is 11.8. The zero-order valence-electron chi connectivity index (χ0n) is 12.7. The minimum absolute atomic E-state index is 0.260. The molecule has 0 saturated carbocycles. The van der Waals surface area contributed by atoms with Gasteiger partial charge in [0.1, 0.15) is 11.6 Å². The highest BCUT2D eigenvalue weighted by Gasteiger charge is 2.04. The van der Waals surface area contributed by atoms with E-state index >= 15 is 0 Å². The highest BCUT2D eigenvalue weighted by atomic mass is 19.1. The Morgan fingerprint density at radius 2 is 1.91 bits per heavy atom. The smallest absolute Gasteiger partial charge is 0.319 e. The molecule has 4 nitrogen and oxygen atoms in total. The van der Waals surface area contributed by atoms with E-state index in [2.05, 4.69) is 10.6 Å². The topological polar surface area (TPSA) is 50.4 Å². The summed E-state index contributed by atoms with van der Waals surface area (Å²) in [7, 11) is 1.61. The molecule has 2 aromatic rings. The fraction of sp³-hybridized carbons (Fsp3) is 0.235. The number of hydrogen-bond donors (Lipinski definition) is 2. The lowest BCUT2D eigenvalue weighted by Crippen LogP contribution is -2.30. The summed E-state index contributed by atoms with van der Waals surface area (Å²) in [6.45, 7) is 2.39. The molecule has 22 heavy (non-hydrogen) atoms. The number of nitrogens with one attached hydrogen (secondary N) is 2. The van der Waals surface area contributed by atoms with Crippen molar-refractivity contribution >= 4 is 11.7 Å². The maximum atomic E-state index is 12.8. The summed E-state index contributed by atoms with van der Waals surface area (Å²) in [5.41, 5.74) is 2.63. The van der Waals surface area contributed by atoms with Gasteiger partial charge >= 0.3 is 6.03 Å². The zero-order chi connectivity index (χ0) is 15.9. The number of carbonyl (C=O) groups is 1. The number of urea groups is 1. The van der Waals surface area contributed by atoms with Gasteiger partial charge in [0.15, 0.2) is 0 Å². The molecule has 0 saturated heterocycles. The zero-order valence-corrected chi connectivity index (χ0v) is 12.7. The molecule has 0 bridgehead atoms. The fourth-order valence-electron chi connectivity index (χ4n) is 2.10. The second-order valence-corrected chi connectivity index (χ2v) is 4.94. The summed E-state index contributed by atoms with van der Waals surface area (Å²) in [5, 5.41) is 5.53. The van der Waals surface area contributed by atoms with Crippen LogP contribution in [-0.2, 0) is 6.42 Å². The van der Waals surface area contributed by atoms with Crippen LogP contribution in [0.25, 0.3) is 0 Å². The molecule has 2 N–H and O–H groups in total. The maximum Gasteiger partial charge on any atom is 0.319 e. The van der Waals surface area contributed by atoms with Crippen LogP contribution in [0, 0.1) is 12.7 Å². The first-order valence-corrected chi connectivity index (χ1v) is 7.02. The van der Waals surface area contributed by atoms with Gasteiger partial charge in [-0.15, -0.1) is 0 Å². The first-order valence-electron chi connectivity index (χ1n) is 7.02. The van der Waals surface area contributed by atoms with Crippen molar-refractivity contribution in [3.8, 4) is 5.75 Å². The lowest BCUT2D eigenvalue weighted by Gasteiger charge is -2.10. The van der Waals surface area contributed by atoms with E-state index < -0.39 is 0 Å². The third kappa shape index (κ3) is 4.48. The first kappa shape index (κ1) is 15.8. The predicted molar refractivity (Wildman–Crippen MR) is 84.9 cm³/mol. The molecule has 0 radical (unpaired) electrons. The van der Waals surface area contributed by atoms with Gasteiger partial charge in [0.25, 0.3) is 0 Å². The predicted octanol–water partition coefficient (Wildman–Crippen LogP) is 3.51. The minimum atomic E-state index is -0.272. The number of methoxy groups -OCH3 is 1. The SMILES string of the molecule is COc1ccc(NC(=O)NCCc2ccc(F)cc2)cc1C. The van der Waals surface area contributed by atoms with E-state index in [0.717, 1.165) is 16.9 Å². The number of halogens is 1. The minimum Gasteiger partial charge on any atom is -0.496 e. The Morgan fingerprint density at radius 3 is 2.55 bits per heavy atom. The van der Waals surface area contributed by atoms with E-state index in [4.69, 9.17) is 4.74 Å². The summed E-state index contributed by atoms with van der Waals surface area (Å²) in [5.74, 6) is 0.520. The third-order valence-electron chi connectivity index (χ3n) is 3.27. The van der Waals surface area contributed by atoms with Crippen molar-refractivity contribution in [1.29, 1.82) is 0 Å². The molecule has 0 heterocycles. The summed E-state index contributed by atoms with van der Waals surface area (Å²) < 4.78 is 17.9. The molecule has 2 rings (SSSR count). The van der Waals surface area contributed by atoms with E-state index in [1.807, 2.05) is 19.1 Å². The van der Waals surface area contributed by atoms with Crippen molar-refractivity contribution in [3.05, 3.63) is 59.4 Å². The van der Waals surface area contributed by atoms with Gasteiger partial charge in [0, 0.05) is 12.2 Å². The number of rotatable bonds is 5. The molecule has 2 amide bonds. The highest BCUT2D eigenvalue weighted by molar-refractivity contribution is 5.89. The average molecular weight is 302 g/mol. The number of amides is 2. The largest absolute Gasteiger partial charge is 0.496 e. The molecule has 0 spiro atoms. The van der Waals surface area contributed by atoms with Gasteiger partial charge in [-0.05, 0) is 54.8 Å². The van der Waals surface area contributed by atoms with Crippen LogP contribution in [0.15, 0.2) is 42.5 Å². The van der Waals surface area contributed by atoms with E-state index in [9.17, 15) is 9.18 Å². The molecule has 5 heteroatoms. The quantitative estimate of drug-likeness (QED) is 0.888. The number of hydrogen-bond acceptors (Lipinski definition) is 2. The number of aryl methyl sites for hydroxylation is 1. The third-order valence-corrected chi connectivity index (χ3v) is 3.27. The molecular formula is C17H19FN2O2. The van der Waals surface area contributed by atoms with Crippen molar-refractivity contribution in [1.82, 2.24) is 5.32 Å². The Hall–Kier alpha value is -2.56. The van der Waals surface area contributed by atoms with Crippen LogP contribution in [0.1, 0.15) is 11.1 Å². The monoisotopic (exact) mass is 302 g/mol. The number of benzene rings is 2. The lowest BCUT2D eigenvalue weighted by molar-refractivity contribution is 0.252. The molecule has 0 atom stereocenters. The Bertz CT molecular complexity index is 642. The van der Waals surface area contributed by atoms with Gasteiger partial charge in [0.05, 0.1) is 7.11 Å². The Labute approximate surface area is 129 Å². The van der Waals surface area contributed by atoms with Crippen LogP contribution in [-0.4, -0.2) is 19.7 Å². The van der Waals surface area contributed by atoms with Gasteiger partial charge in [-0.2, -0.15) is 0 Å². The maximum absolute atomic E-state index is 12.8. The molecule has 116 valence electrons. The van der Waals surface area contributed by atoms with Gasteiger partial charge in [0.2, 0.25) is 0 Å². The lowest BCUT2D eigenvalue weighted by atomic mass is 10.1. The normalized spacial score (nSPS) is 10.1. The first-order chi connectivity index (χ1) is 10.6. The van der Waals surface area contributed by atoms with Crippen LogP contribution in [0.3, 0.4) is 0 Å². The van der Waals surface area contributed by atoms with Gasteiger partial charge in [-0.1, -0.05) is 12.1 Å². The standard InChI is InChI=1S/C17H19FN2O2/c1-12-11-15(7-8-16(12)22-2)20-17(21)19-10-9-13-3-5-14(18)6-4-13/h3-8,11H,9-10H2,1-2H3,(H2,19,20,21). The number of anilines is 1. The number of carbonyl (C=O) groups excluding carboxylic acids is 1. The Balaban J connectivity index is 1.80. The van der Waals surface area contributed by atoms with Crippen molar-refractivity contribution in [2.24, 2.45) is 0 Å². The van der Waals surface area contributed by atoms with Crippen LogP contribution in [0.2, 0.25) is 0 Å². The molecule has 0 unspecified atom stereocenters. The van der Waals surface area contributed by atoms with Crippen molar-refractivity contribution in [3.63, 3.8) is 0 Å². The molecule has 0 aliphatic rings. The van der Waals surface area contributed by atoms with Crippen LogP contribution < -0.4 is 15.4 Å². The van der Waals surface area contributed by atoms with Crippen molar-refractivity contribution < 1.29 is 13.9 Å². The van der Waals surface area contributed by atoms with Crippen molar-refractivity contribution in [2.45, 2.75) is 13.3 Å². The van der Waals surface area contributed by atoms with Gasteiger partial charge in [-0.25, -0.2) is 9.18 Å². The van der Waals surface area contributed by atoms with Crippen LogP contribution in [0.4, 0.5) is 14.9 Å². The Morgan fingerprint density at radius 1 is 1.18 bits per heavy atom. The Kier molecular flexibility index (Phi) is 5.36. The van der Waals surface area contributed by atoms with E-state index in [0.29, 0.717) is 18.7 Å². The highest BCUT2D eigenvalue weighted by Crippen LogP contribution is 2.21.